The molecule has 158 valence electrons. The molecule has 0 radical (unpaired) electrons. The van der Waals surface area contributed by atoms with Crippen LogP contribution in [0, 0.1) is 5.82 Å². The van der Waals surface area contributed by atoms with E-state index >= 15 is 0 Å². The minimum absolute atomic E-state index is 0.0118. The molecule has 1 fully saturated rings. The molecule has 4 rings (SSSR count). The van der Waals surface area contributed by atoms with Gasteiger partial charge in [-0.2, -0.15) is 0 Å². The van der Waals surface area contributed by atoms with Crippen molar-refractivity contribution in [2.45, 2.75) is 25.4 Å². The van der Waals surface area contributed by atoms with E-state index in [9.17, 15) is 14.0 Å². The Hall–Kier alpha value is -2.80. The zero-order chi connectivity index (χ0) is 21.1. The minimum atomic E-state index is -0.666. The van der Waals surface area contributed by atoms with E-state index in [1.54, 1.807) is 6.07 Å². The molecule has 0 aliphatic carbocycles. The lowest BCUT2D eigenvalue weighted by Gasteiger charge is -2.38. The van der Waals surface area contributed by atoms with E-state index < -0.39 is 11.9 Å². The number of carbonyl (C=O) groups excluding carboxylic acids is 2. The molecule has 1 atom stereocenters. The fraction of sp³-hybridized carbons (Fsp3) is 0.364. The van der Waals surface area contributed by atoms with Gasteiger partial charge in [0.05, 0.1) is 29.5 Å². The minimum Gasteiger partial charge on any atom is -0.477 e. The Labute approximate surface area is 179 Å². The number of benzene rings is 2. The quantitative estimate of drug-likeness (QED) is 0.801. The van der Waals surface area contributed by atoms with Gasteiger partial charge < -0.3 is 19.9 Å². The topological polar surface area (TPSA) is 61.9 Å². The number of hydrogen-bond donors (Lipinski definition) is 1. The summed E-state index contributed by atoms with van der Waals surface area (Å²) in [4.78, 5) is 29.3. The molecule has 30 heavy (non-hydrogen) atoms. The van der Waals surface area contributed by atoms with Crippen molar-refractivity contribution in [3.05, 3.63) is 53.3 Å². The van der Waals surface area contributed by atoms with E-state index in [0.29, 0.717) is 11.4 Å². The number of nitrogens with one attached hydrogen (secondary N) is 1. The van der Waals surface area contributed by atoms with Gasteiger partial charge in [0.1, 0.15) is 11.6 Å². The SMILES string of the molecule is O=C(CN1CC(C(=O)N2CCCCC2)Oc2ccccc21)Nc1ccc(F)cc1Cl. The van der Waals surface area contributed by atoms with E-state index in [1.165, 1.54) is 12.1 Å². The van der Waals surface area contributed by atoms with Crippen molar-refractivity contribution >= 4 is 34.8 Å². The zero-order valence-electron chi connectivity index (χ0n) is 16.4. The average Bonchev–Trinajstić information content (AvgIpc) is 2.75. The first-order valence-corrected chi connectivity index (χ1v) is 10.4. The van der Waals surface area contributed by atoms with Crippen LogP contribution in [-0.2, 0) is 9.59 Å². The summed E-state index contributed by atoms with van der Waals surface area (Å²) in [5, 5.41) is 2.84. The van der Waals surface area contributed by atoms with Crippen molar-refractivity contribution < 1.29 is 18.7 Å². The molecule has 2 aromatic carbocycles. The van der Waals surface area contributed by atoms with Gasteiger partial charge in [0.15, 0.2) is 6.10 Å². The average molecular weight is 432 g/mol. The third-order valence-electron chi connectivity index (χ3n) is 5.34. The third kappa shape index (κ3) is 4.51. The van der Waals surface area contributed by atoms with Gasteiger partial charge >= 0.3 is 0 Å². The maximum Gasteiger partial charge on any atom is 0.265 e. The van der Waals surface area contributed by atoms with Crippen molar-refractivity contribution in [2.75, 3.05) is 36.4 Å². The summed E-state index contributed by atoms with van der Waals surface area (Å²) >= 11 is 6.01. The van der Waals surface area contributed by atoms with Crippen LogP contribution in [0.2, 0.25) is 5.02 Å². The number of rotatable bonds is 4. The number of likely N-dealkylation sites (tertiary alicyclic amines) is 1. The van der Waals surface area contributed by atoms with E-state index in [4.69, 9.17) is 16.3 Å². The highest BCUT2D eigenvalue weighted by Crippen LogP contribution is 2.33. The molecule has 1 saturated heterocycles. The molecular formula is C22H23ClFN3O3. The molecule has 8 heteroatoms. The van der Waals surface area contributed by atoms with E-state index in [1.807, 2.05) is 28.0 Å². The third-order valence-corrected chi connectivity index (χ3v) is 5.66. The Morgan fingerprint density at radius 3 is 2.67 bits per heavy atom. The van der Waals surface area contributed by atoms with Gasteiger partial charge in [-0.15, -0.1) is 0 Å². The predicted octanol–water partition coefficient (Wildman–Crippen LogP) is 3.70. The van der Waals surface area contributed by atoms with Gasteiger partial charge in [0.2, 0.25) is 5.91 Å². The number of carbonyl (C=O) groups is 2. The maximum absolute atomic E-state index is 13.2. The van der Waals surface area contributed by atoms with Gasteiger partial charge in [0, 0.05) is 13.1 Å². The predicted molar refractivity (Wildman–Crippen MR) is 114 cm³/mol. The second-order valence-corrected chi connectivity index (χ2v) is 7.92. The molecule has 2 aliphatic heterocycles. The first kappa shape index (κ1) is 20.5. The molecular weight excluding hydrogens is 409 g/mol. The molecule has 2 heterocycles. The first-order valence-electron chi connectivity index (χ1n) is 10.1. The number of amides is 2. The summed E-state index contributed by atoms with van der Waals surface area (Å²) in [5.41, 5.74) is 1.09. The van der Waals surface area contributed by atoms with Crippen LogP contribution in [0.4, 0.5) is 15.8 Å². The number of para-hydroxylation sites is 2. The van der Waals surface area contributed by atoms with Crippen LogP contribution in [0.3, 0.4) is 0 Å². The molecule has 0 aromatic heterocycles. The van der Waals surface area contributed by atoms with E-state index in [-0.39, 0.29) is 29.9 Å². The number of ether oxygens (including phenoxy) is 1. The molecule has 2 aliphatic rings. The summed E-state index contributed by atoms with van der Waals surface area (Å²) < 4.78 is 19.2. The lowest BCUT2D eigenvalue weighted by molar-refractivity contribution is -0.139. The van der Waals surface area contributed by atoms with Gasteiger partial charge in [-0.3, -0.25) is 9.59 Å². The summed E-state index contributed by atoms with van der Waals surface area (Å²) in [5.74, 6) is -0.258. The molecule has 0 bridgehead atoms. The smallest absolute Gasteiger partial charge is 0.265 e. The Morgan fingerprint density at radius 1 is 1.13 bits per heavy atom. The zero-order valence-corrected chi connectivity index (χ0v) is 17.2. The summed E-state index contributed by atoms with van der Waals surface area (Å²) in [6.07, 6.45) is 2.47. The van der Waals surface area contributed by atoms with E-state index in [2.05, 4.69) is 5.32 Å². The van der Waals surface area contributed by atoms with Crippen molar-refractivity contribution in [1.82, 2.24) is 4.90 Å². The number of fused-ring (bicyclic) bond motifs is 1. The highest BCUT2D eigenvalue weighted by Gasteiger charge is 2.34. The highest BCUT2D eigenvalue weighted by atomic mass is 35.5. The van der Waals surface area contributed by atoms with Crippen LogP contribution >= 0.6 is 11.6 Å². The van der Waals surface area contributed by atoms with Gasteiger partial charge in [0.25, 0.3) is 5.91 Å². The Bertz CT molecular complexity index is 949. The van der Waals surface area contributed by atoms with Crippen molar-refractivity contribution in [2.24, 2.45) is 0 Å². The Morgan fingerprint density at radius 2 is 1.90 bits per heavy atom. The lowest BCUT2D eigenvalue weighted by Crippen LogP contribution is -2.52. The van der Waals surface area contributed by atoms with Crippen LogP contribution in [0.5, 0.6) is 5.75 Å². The van der Waals surface area contributed by atoms with Crippen molar-refractivity contribution in [3.63, 3.8) is 0 Å². The molecule has 6 nitrogen and oxygen atoms in total. The monoisotopic (exact) mass is 431 g/mol. The Kier molecular flexibility index (Phi) is 6.08. The first-order chi connectivity index (χ1) is 14.5. The lowest BCUT2D eigenvalue weighted by atomic mass is 10.1. The number of piperidine rings is 1. The van der Waals surface area contributed by atoms with Gasteiger partial charge in [-0.1, -0.05) is 23.7 Å². The number of halogens is 2. The van der Waals surface area contributed by atoms with Crippen molar-refractivity contribution in [3.8, 4) is 5.75 Å². The second kappa shape index (κ2) is 8.92. The fourth-order valence-electron chi connectivity index (χ4n) is 3.86. The van der Waals surface area contributed by atoms with Crippen LogP contribution in [0.15, 0.2) is 42.5 Å². The van der Waals surface area contributed by atoms with Crippen LogP contribution in [0.25, 0.3) is 0 Å². The summed E-state index contributed by atoms with van der Waals surface area (Å²) in [7, 11) is 0. The maximum atomic E-state index is 13.2. The van der Waals surface area contributed by atoms with Crippen molar-refractivity contribution in [1.29, 1.82) is 0 Å². The Balaban J connectivity index is 1.49. The highest BCUT2D eigenvalue weighted by molar-refractivity contribution is 6.33. The standard InChI is InChI=1S/C22H23ClFN3O3/c23-16-12-15(24)8-9-17(16)25-21(28)14-27-13-20(22(29)26-10-4-1-5-11-26)30-19-7-3-2-6-18(19)27/h2-3,6-9,12,20H,1,4-5,10-11,13-14H2,(H,25,28). The molecule has 2 aromatic rings. The van der Waals surface area contributed by atoms with E-state index in [0.717, 1.165) is 44.1 Å². The molecule has 0 spiro atoms. The van der Waals surface area contributed by atoms with Crippen LogP contribution in [-0.4, -0.2) is 49.0 Å². The number of hydrogen-bond acceptors (Lipinski definition) is 4. The van der Waals surface area contributed by atoms with Gasteiger partial charge in [-0.25, -0.2) is 4.39 Å². The normalized spacial score (nSPS) is 18.4. The molecule has 1 N–H and O–H groups in total. The summed E-state index contributed by atoms with van der Waals surface area (Å²) in [6, 6.07) is 11.2. The number of nitrogens with zero attached hydrogens (tertiary/aromatic N) is 2. The molecule has 2 amide bonds. The fourth-order valence-corrected chi connectivity index (χ4v) is 4.07. The van der Waals surface area contributed by atoms with Gasteiger partial charge in [-0.05, 0) is 49.6 Å². The number of anilines is 2. The van der Waals surface area contributed by atoms with Crippen LogP contribution < -0.4 is 15.0 Å². The summed E-state index contributed by atoms with van der Waals surface area (Å²) in [6.45, 7) is 1.77. The largest absolute Gasteiger partial charge is 0.477 e. The second-order valence-electron chi connectivity index (χ2n) is 7.51. The molecule has 1 unspecified atom stereocenters. The van der Waals surface area contributed by atoms with Crippen LogP contribution in [0.1, 0.15) is 19.3 Å². The molecule has 0 saturated carbocycles.